The largest absolute Gasteiger partial charge is 0.353 e. The van der Waals surface area contributed by atoms with Crippen LogP contribution in [0.1, 0.15) is 18.0 Å². The average molecular weight is 382 g/mol. The Kier molecular flexibility index (Phi) is 6.25. The predicted molar refractivity (Wildman–Crippen MR) is 99.7 cm³/mol. The molecular weight excluding hydrogens is 354 g/mol. The molecule has 1 aromatic rings. The fourth-order valence-corrected chi connectivity index (χ4v) is 4.20. The number of hydrogen-bond donors (Lipinski definition) is 3. The van der Waals surface area contributed by atoms with Crippen molar-refractivity contribution in [2.45, 2.75) is 18.5 Å². The average Bonchev–Trinajstić information content (AvgIpc) is 3.12. The molecule has 2 aliphatic rings. The number of carbonyl (C=O) groups is 1. The summed E-state index contributed by atoms with van der Waals surface area (Å²) in [5, 5.41) is 2.97. The third-order valence-electron chi connectivity index (χ3n) is 4.95. The van der Waals surface area contributed by atoms with Gasteiger partial charge in [-0.05, 0) is 12.0 Å². The van der Waals surface area contributed by atoms with Crippen LogP contribution in [0.5, 0.6) is 0 Å². The molecule has 8 nitrogen and oxygen atoms in total. The third-order valence-corrected chi connectivity index (χ3v) is 6.25. The maximum atomic E-state index is 12.3. The van der Waals surface area contributed by atoms with Crippen LogP contribution >= 0.6 is 0 Å². The zero-order chi connectivity index (χ0) is 18.6. The fourth-order valence-electron chi connectivity index (χ4n) is 3.38. The lowest BCUT2D eigenvalue weighted by Crippen LogP contribution is -2.51. The van der Waals surface area contributed by atoms with Crippen molar-refractivity contribution < 1.29 is 13.2 Å². The molecule has 0 aliphatic carbocycles. The first-order valence-electron chi connectivity index (χ1n) is 8.94. The van der Waals surface area contributed by atoms with Gasteiger partial charge in [-0.1, -0.05) is 30.3 Å². The highest BCUT2D eigenvalue weighted by molar-refractivity contribution is 7.88. The van der Waals surface area contributed by atoms with Crippen molar-refractivity contribution >= 4 is 15.9 Å². The van der Waals surface area contributed by atoms with Gasteiger partial charge in [0, 0.05) is 45.3 Å². The van der Waals surface area contributed by atoms with Crippen LogP contribution in [-0.4, -0.2) is 75.1 Å². The van der Waals surface area contributed by atoms with Crippen LogP contribution in [0.4, 0.5) is 0 Å². The number of amides is 1. The van der Waals surface area contributed by atoms with Crippen molar-refractivity contribution in [3.63, 3.8) is 0 Å². The zero-order valence-electron chi connectivity index (χ0n) is 15.0. The molecule has 1 aromatic carbocycles. The first kappa shape index (κ1) is 19.2. The van der Waals surface area contributed by atoms with Crippen LogP contribution in [-0.2, 0) is 14.8 Å². The summed E-state index contributed by atoms with van der Waals surface area (Å²) in [6, 6.07) is 9.96. The molecule has 9 heteroatoms. The molecule has 0 radical (unpaired) electrons. The first-order valence-corrected chi connectivity index (χ1v) is 10.8. The van der Waals surface area contributed by atoms with Crippen LogP contribution in [0.15, 0.2) is 30.3 Å². The second kappa shape index (κ2) is 8.45. The number of piperazine rings is 1. The maximum absolute atomic E-state index is 12.3. The van der Waals surface area contributed by atoms with Gasteiger partial charge in [0.25, 0.3) is 0 Å². The molecule has 1 amide bonds. The van der Waals surface area contributed by atoms with E-state index < -0.39 is 10.0 Å². The molecule has 2 saturated heterocycles. The minimum absolute atomic E-state index is 0.00861. The molecule has 3 rings (SSSR count). The van der Waals surface area contributed by atoms with E-state index in [2.05, 4.69) is 33.2 Å². The van der Waals surface area contributed by atoms with Crippen LogP contribution < -0.4 is 16.2 Å². The van der Waals surface area contributed by atoms with E-state index in [0.717, 1.165) is 6.54 Å². The molecule has 2 heterocycles. The number of nitrogens with one attached hydrogen (secondary N) is 3. The Labute approximate surface area is 154 Å². The summed E-state index contributed by atoms with van der Waals surface area (Å²) >= 11 is 0. The van der Waals surface area contributed by atoms with Crippen LogP contribution in [0, 0.1) is 0 Å². The van der Waals surface area contributed by atoms with Crippen LogP contribution in [0.2, 0.25) is 0 Å². The SMILES string of the molecule is CS(=O)(=O)N1CCN(CCNC(=O)C2CC(c3ccccc3)NN2)CC1. The van der Waals surface area contributed by atoms with E-state index in [9.17, 15) is 13.2 Å². The number of sulfonamides is 1. The van der Waals surface area contributed by atoms with Gasteiger partial charge in [0.1, 0.15) is 6.04 Å². The normalized spacial score (nSPS) is 25.3. The van der Waals surface area contributed by atoms with Gasteiger partial charge >= 0.3 is 0 Å². The van der Waals surface area contributed by atoms with E-state index >= 15 is 0 Å². The topological polar surface area (TPSA) is 93.8 Å². The molecule has 144 valence electrons. The minimum Gasteiger partial charge on any atom is -0.353 e. The van der Waals surface area contributed by atoms with Gasteiger partial charge in [0.2, 0.25) is 15.9 Å². The van der Waals surface area contributed by atoms with Gasteiger partial charge in [0.05, 0.1) is 6.26 Å². The summed E-state index contributed by atoms with van der Waals surface area (Å²) in [5.74, 6) is -0.00861. The molecule has 0 saturated carbocycles. The highest BCUT2D eigenvalue weighted by atomic mass is 32.2. The number of rotatable bonds is 6. The summed E-state index contributed by atoms with van der Waals surface area (Å²) in [6.45, 7) is 3.71. The summed E-state index contributed by atoms with van der Waals surface area (Å²) in [6.07, 6.45) is 1.96. The lowest BCUT2D eigenvalue weighted by molar-refractivity contribution is -0.122. The smallest absolute Gasteiger partial charge is 0.238 e. The van der Waals surface area contributed by atoms with Crippen molar-refractivity contribution in [1.29, 1.82) is 0 Å². The summed E-state index contributed by atoms with van der Waals surface area (Å²) in [5.41, 5.74) is 7.41. The molecule has 0 bridgehead atoms. The molecule has 3 N–H and O–H groups in total. The van der Waals surface area contributed by atoms with Gasteiger partial charge in [-0.15, -0.1) is 0 Å². The van der Waals surface area contributed by atoms with E-state index in [-0.39, 0.29) is 18.0 Å². The Morgan fingerprint density at radius 1 is 1.15 bits per heavy atom. The molecule has 2 atom stereocenters. The Hall–Kier alpha value is -1.52. The van der Waals surface area contributed by atoms with Gasteiger partial charge < -0.3 is 5.32 Å². The lowest BCUT2D eigenvalue weighted by Gasteiger charge is -2.33. The Morgan fingerprint density at radius 3 is 2.50 bits per heavy atom. The second-order valence-corrected chi connectivity index (χ2v) is 8.82. The van der Waals surface area contributed by atoms with Crippen molar-refractivity contribution in [3.05, 3.63) is 35.9 Å². The fraction of sp³-hybridized carbons (Fsp3) is 0.588. The Bertz CT molecular complexity index is 704. The molecule has 26 heavy (non-hydrogen) atoms. The van der Waals surface area contributed by atoms with E-state index in [4.69, 9.17) is 0 Å². The van der Waals surface area contributed by atoms with Gasteiger partial charge in [-0.3, -0.25) is 9.69 Å². The quantitative estimate of drug-likeness (QED) is 0.603. The summed E-state index contributed by atoms with van der Waals surface area (Å²) in [4.78, 5) is 14.5. The molecule has 0 spiro atoms. The van der Waals surface area contributed by atoms with E-state index in [1.807, 2.05) is 18.2 Å². The number of carbonyl (C=O) groups excluding carboxylic acids is 1. The summed E-state index contributed by atoms with van der Waals surface area (Å²) < 4.78 is 24.5. The minimum atomic E-state index is -3.10. The van der Waals surface area contributed by atoms with E-state index in [1.54, 1.807) is 0 Å². The zero-order valence-corrected chi connectivity index (χ0v) is 15.8. The molecule has 0 aromatic heterocycles. The van der Waals surface area contributed by atoms with Crippen molar-refractivity contribution in [2.75, 3.05) is 45.5 Å². The maximum Gasteiger partial charge on any atom is 0.238 e. The standard InChI is InChI=1S/C17H27N5O3S/c1-26(24,25)22-11-9-21(10-12-22)8-7-18-17(23)16-13-15(19-20-16)14-5-3-2-4-6-14/h2-6,15-16,19-20H,7-13H2,1H3,(H,18,23). The molecular formula is C17H27N5O3S. The van der Waals surface area contributed by atoms with Crippen molar-refractivity contribution in [1.82, 2.24) is 25.4 Å². The summed E-state index contributed by atoms with van der Waals surface area (Å²) in [7, 11) is -3.10. The Balaban J connectivity index is 1.36. The first-order chi connectivity index (χ1) is 12.4. The highest BCUT2D eigenvalue weighted by Crippen LogP contribution is 2.21. The third kappa shape index (κ3) is 5.01. The van der Waals surface area contributed by atoms with Crippen molar-refractivity contribution in [3.8, 4) is 0 Å². The number of nitrogens with zero attached hydrogens (tertiary/aromatic N) is 2. The monoisotopic (exact) mass is 381 g/mol. The number of benzene rings is 1. The number of hydrogen-bond acceptors (Lipinski definition) is 6. The van der Waals surface area contributed by atoms with Gasteiger partial charge in [0.15, 0.2) is 0 Å². The number of hydrazine groups is 1. The Morgan fingerprint density at radius 2 is 1.85 bits per heavy atom. The highest BCUT2D eigenvalue weighted by Gasteiger charge is 2.30. The lowest BCUT2D eigenvalue weighted by atomic mass is 10.0. The second-order valence-electron chi connectivity index (χ2n) is 6.83. The predicted octanol–water partition coefficient (Wildman–Crippen LogP) is -0.712. The van der Waals surface area contributed by atoms with Gasteiger partial charge in [-0.25, -0.2) is 19.3 Å². The molecule has 2 aliphatic heterocycles. The van der Waals surface area contributed by atoms with E-state index in [0.29, 0.717) is 39.1 Å². The van der Waals surface area contributed by atoms with Gasteiger partial charge in [-0.2, -0.15) is 4.31 Å². The van der Waals surface area contributed by atoms with E-state index in [1.165, 1.54) is 16.1 Å². The van der Waals surface area contributed by atoms with Crippen LogP contribution in [0.25, 0.3) is 0 Å². The van der Waals surface area contributed by atoms with Crippen molar-refractivity contribution in [2.24, 2.45) is 0 Å². The van der Waals surface area contributed by atoms with Crippen LogP contribution in [0.3, 0.4) is 0 Å². The molecule has 2 fully saturated rings. The molecule has 2 unspecified atom stereocenters.